The van der Waals surface area contributed by atoms with Gasteiger partial charge < -0.3 is 10.2 Å². The first kappa shape index (κ1) is 14.3. The Morgan fingerprint density at radius 1 is 1.33 bits per heavy atom. The number of nitro benzene ring substituents is 1. The van der Waals surface area contributed by atoms with Crippen LogP contribution in [0, 0.1) is 10.1 Å². The Hall–Kier alpha value is -1.78. The van der Waals surface area contributed by atoms with Crippen LogP contribution in [0.2, 0.25) is 0 Å². The molecule has 5 heteroatoms. The van der Waals surface area contributed by atoms with Crippen LogP contribution in [0.15, 0.2) is 18.2 Å². The third kappa shape index (κ3) is 3.61. The topological polar surface area (TPSA) is 58.4 Å². The molecule has 0 bridgehead atoms. The molecule has 0 aliphatic carbocycles. The predicted octanol–water partition coefficient (Wildman–Crippen LogP) is 3.26. The monoisotopic (exact) mass is 251 g/mol. The van der Waals surface area contributed by atoms with Gasteiger partial charge in [-0.3, -0.25) is 10.1 Å². The largest absolute Gasteiger partial charge is 0.388 e. The van der Waals surface area contributed by atoms with Gasteiger partial charge in [-0.25, -0.2) is 0 Å². The van der Waals surface area contributed by atoms with Gasteiger partial charge in [-0.2, -0.15) is 0 Å². The minimum absolute atomic E-state index is 0.131. The second-order valence-electron chi connectivity index (χ2n) is 4.18. The number of anilines is 2. The first-order valence-electron chi connectivity index (χ1n) is 6.34. The maximum absolute atomic E-state index is 10.9. The second kappa shape index (κ2) is 6.83. The number of hydrogen-bond donors (Lipinski definition) is 1. The summed E-state index contributed by atoms with van der Waals surface area (Å²) in [4.78, 5) is 12.7. The molecule has 0 radical (unpaired) electrons. The zero-order valence-electron chi connectivity index (χ0n) is 11.3. The third-order valence-corrected chi connectivity index (χ3v) is 2.93. The molecule has 0 atom stereocenters. The molecule has 0 aliphatic rings. The van der Waals surface area contributed by atoms with Gasteiger partial charge in [0.1, 0.15) is 0 Å². The van der Waals surface area contributed by atoms with Crippen LogP contribution in [0.5, 0.6) is 0 Å². The Morgan fingerprint density at radius 3 is 2.56 bits per heavy atom. The Balaban J connectivity index is 3.04. The van der Waals surface area contributed by atoms with Crippen molar-refractivity contribution in [1.29, 1.82) is 0 Å². The molecule has 0 aromatic heterocycles. The Labute approximate surface area is 108 Å². The maximum atomic E-state index is 10.9. The molecule has 0 heterocycles. The van der Waals surface area contributed by atoms with Crippen LogP contribution in [0.3, 0.4) is 0 Å². The summed E-state index contributed by atoms with van der Waals surface area (Å²) in [6.07, 6.45) is 2.20. The number of nitrogens with zero attached hydrogens (tertiary/aromatic N) is 2. The molecule has 1 N–H and O–H groups in total. The highest BCUT2D eigenvalue weighted by atomic mass is 16.6. The number of benzene rings is 1. The van der Waals surface area contributed by atoms with Crippen molar-refractivity contribution in [2.45, 2.75) is 26.7 Å². The van der Waals surface area contributed by atoms with E-state index >= 15 is 0 Å². The van der Waals surface area contributed by atoms with Crippen molar-refractivity contribution in [2.75, 3.05) is 30.4 Å². The zero-order valence-corrected chi connectivity index (χ0v) is 11.3. The summed E-state index contributed by atoms with van der Waals surface area (Å²) in [5, 5.41) is 13.9. The number of hydrogen-bond acceptors (Lipinski definition) is 4. The number of nitrogens with one attached hydrogen (secondary N) is 1. The van der Waals surface area contributed by atoms with Gasteiger partial charge in [-0.15, -0.1) is 0 Å². The van der Waals surface area contributed by atoms with Crippen LogP contribution in [0.1, 0.15) is 26.7 Å². The molecule has 1 rings (SSSR count). The summed E-state index contributed by atoms with van der Waals surface area (Å²) in [6, 6.07) is 5.14. The van der Waals surface area contributed by atoms with E-state index in [1.807, 2.05) is 6.07 Å². The lowest BCUT2D eigenvalue weighted by atomic mass is 10.2. The predicted molar refractivity (Wildman–Crippen MR) is 75.4 cm³/mol. The van der Waals surface area contributed by atoms with Crippen LogP contribution in [-0.4, -0.2) is 25.1 Å². The molecule has 0 amide bonds. The van der Waals surface area contributed by atoms with Crippen molar-refractivity contribution in [1.82, 2.24) is 0 Å². The van der Waals surface area contributed by atoms with Crippen molar-refractivity contribution in [3.05, 3.63) is 28.3 Å². The molecule has 100 valence electrons. The molecule has 18 heavy (non-hydrogen) atoms. The number of nitro groups is 1. The van der Waals surface area contributed by atoms with Gasteiger partial charge in [-0.1, -0.05) is 13.3 Å². The molecule has 0 saturated heterocycles. The van der Waals surface area contributed by atoms with E-state index in [-0.39, 0.29) is 10.6 Å². The first-order valence-corrected chi connectivity index (χ1v) is 6.34. The summed E-state index contributed by atoms with van der Waals surface area (Å²) < 4.78 is 0. The van der Waals surface area contributed by atoms with Gasteiger partial charge in [0.15, 0.2) is 0 Å². The number of unbranched alkanes of at least 4 members (excludes halogenated alkanes) is 1. The van der Waals surface area contributed by atoms with Gasteiger partial charge >= 0.3 is 0 Å². The van der Waals surface area contributed by atoms with E-state index < -0.39 is 0 Å². The molecule has 0 unspecified atom stereocenters. The van der Waals surface area contributed by atoms with E-state index in [9.17, 15) is 10.1 Å². The molecule has 5 nitrogen and oxygen atoms in total. The van der Waals surface area contributed by atoms with Crippen molar-refractivity contribution in [3.63, 3.8) is 0 Å². The second-order valence-corrected chi connectivity index (χ2v) is 4.18. The Morgan fingerprint density at radius 2 is 2.06 bits per heavy atom. The van der Waals surface area contributed by atoms with Crippen LogP contribution >= 0.6 is 0 Å². The quantitative estimate of drug-likeness (QED) is 0.597. The SMILES string of the molecule is CCCCN(CC)c1cc(NC)cc([N+](=O)[O-])c1. The number of rotatable bonds is 7. The lowest BCUT2D eigenvalue weighted by Crippen LogP contribution is -2.23. The van der Waals surface area contributed by atoms with Crippen LogP contribution in [0.25, 0.3) is 0 Å². The lowest BCUT2D eigenvalue weighted by molar-refractivity contribution is -0.384. The summed E-state index contributed by atoms with van der Waals surface area (Å²) in [6.45, 7) is 5.98. The van der Waals surface area contributed by atoms with Crippen molar-refractivity contribution in [2.24, 2.45) is 0 Å². The summed E-state index contributed by atoms with van der Waals surface area (Å²) >= 11 is 0. The summed E-state index contributed by atoms with van der Waals surface area (Å²) in [5.74, 6) is 0. The van der Waals surface area contributed by atoms with E-state index in [1.165, 1.54) is 0 Å². The highest BCUT2D eigenvalue weighted by Gasteiger charge is 2.12. The molecule has 1 aromatic carbocycles. The van der Waals surface area contributed by atoms with Crippen LogP contribution in [-0.2, 0) is 0 Å². The zero-order chi connectivity index (χ0) is 13.5. The molecular weight excluding hydrogens is 230 g/mol. The maximum Gasteiger partial charge on any atom is 0.273 e. The molecule has 0 saturated carbocycles. The molecular formula is C13H21N3O2. The van der Waals surface area contributed by atoms with Crippen LogP contribution in [0.4, 0.5) is 17.1 Å². The fourth-order valence-corrected chi connectivity index (χ4v) is 1.85. The van der Waals surface area contributed by atoms with E-state index in [0.29, 0.717) is 0 Å². The first-order chi connectivity index (χ1) is 8.62. The number of non-ortho nitro benzene ring substituents is 1. The fraction of sp³-hybridized carbons (Fsp3) is 0.538. The van der Waals surface area contributed by atoms with Crippen molar-refractivity contribution in [3.8, 4) is 0 Å². The van der Waals surface area contributed by atoms with E-state index in [0.717, 1.165) is 37.3 Å². The van der Waals surface area contributed by atoms with Gasteiger partial charge in [0, 0.05) is 43.6 Å². The average Bonchev–Trinajstić information content (AvgIpc) is 2.39. The van der Waals surface area contributed by atoms with Crippen molar-refractivity contribution >= 4 is 17.1 Å². The third-order valence-electron chi connectivity index (χ3n) is 2.93. The normalized spacial score (nSPS) is 10.2. The smallest absolute Gasteiger partial charge is 0.273 e. The molecule has 1 aromatic rings. The van der Waals surface area contributed by atoms with Crippen molar-refractivity contribution < 1.29 is 4.92 Å². The minimum atomic E-state index is -0.349. The fourth-order valence-electron chi connectivity index (χ4n) is 1.85. The summed E-state index contributed by atoms with van der Waals surface area (Å²) in [7, 11) is 1.77. The van der Waals surface area contributed by atoms with E-state index in [2.05, 4.69) is 24.1 Å². The summed E-state index contributed by atoms with van der Waals surface area (Å²) in [5.41, 5.74) is 1.81. The van der Waals surface area contributed by atoms with Gasteiger partial charge in [0.05, 0.1) is 4.92 Å². The van der Waals surface area contributed by atoms with E-state index in [4.69, 9.17) is 0 Å². The minimum Gasteiger partial charge on any atom is -0.388 e. The van der Waals surface area contributed by atoms with Gasteiger partial charge in [0.2, 0.25) is 0 Å². The van der Waals surface area contributed by atoms with Gasteiger partial charge in [0.25, 0.3) is 5.69 Å². The Bertz CT molecular complexity index is 407. The van der Waals surface area contributed by atoms with E-state index in [1.54, 1.807) is 19.2 Å². The standard InChI is InChI=1S/C13H21N3O2/c1-4-6-7-15(5-2)12-8-11(14-3)9-13(10-12)16(17)18/h8-10,14H,4-7H2,1-3H3. The highest BCUT2D eigenvalue weighted by Crippen LogP contribution is 2.27. The lowest BCUT2D eigenvalue weighted by Gasteiger charge is -2.23. The molecule has 0 spiro atoms. The highest BCUT2D eigenvalue weighted by molar-refractivity contribution is 5.64. The molecule has 0 fully saturated rings. The van der Waals surface area contributed by atoms with Crippen LogP contribution < -0.4 is 10.2 Å². The van der Waals surface area contributed by atoms with Gasteiger partial charge in [-0.05, 0) is 19.4 Å². The molecule has 0 aliphatic heterocycles. The average molecular weight is 251 g/mol. The Kier molecular flexibility index (Phi) is 5.42.